The van der Waals surface area contributed by atoms with Crippen LogP contribution in [0.15, 0.2) is 72.8 Å². The molecule has 1 heterocycles. The fourth-order valence-electron chi connectivity index (χ4n) is 4.37. The molecule has 0 aromatic heterocycles. The third-order valence-electron chi connectivity index (χ3n) is 5.91. The second-order valence-corrected chi connectivity index (χ2v) is 13.4. The molecular weight excluding hydrogens is 404 g/mol. The zero-order chi connectivity index (χ0) is 22.3. The topological polar surface area (TPSA) is 55.8 Å². The van der Waals surface area contributed by atoms with Crippen LogP contribution in [0.3, 0.4) is 0 Å². The smallest absolute Gasteiger partial charge is 0.306 e. The standard InChI is InChI=1S/C26H34O4Si/c1-26(2,3)31(21-14-8-6-9-15-21,22-16-10-7-11-17-22)30-23-18-12-4-5-13-19-25(28)29-24(23)20-27/h4,6-12,14-17,23-24,27H,5,13,18-20H2,1-3H3/b12-4-/t23-,24+/m1/s1. The number of rotatable bonds is 5. The van der Waals surface area contributed by atoms with E-state index in [-0.39, 0.29) is 17.6 Å². The number of hydrogen-bond acceptors (Lipinski definition) is 4. The lowest BCUT2D eigenvalue weighted by Gasteiger charge is -2.46. The van der Waals surface area contributed by atoms with Crippen molar-refractivity contribution in [1.82, 2.24) is 0 Å². The molecule has 3 rings (SSSR count). The molecule has 1 aliphatic rings. The molecule has 0 spiro atoms. The summed E-state index contributed by atoms with van der Waals surface area (Å²) in [5, 5.41) is 12.3. The highest BCUT2D eigenvalue weighted by atomic mass is 28.4. The minimum Gasteiger partial charge on any atom is -0.457 e. The molecule has 2 atom stereocenters. The lowest BCUT2D eigenvalue weighted by molar-refractivity contribution is -0.157. The molecule has 2 aromatic carbocycles. The monoisotopic (exact) mass is 438 g/mol. The quantitative estimate of drug-likeness (QED) is 0.436. The predicted octanol–water partition coefficient (Wildman–Crippen LogP) is 3.97. The Morgan fingerprint density at radius 3 is 2.10 bits per heavy atom. The first kappa shape index (κ1) is 23.5. The first-order valence-corrected chi connectivity index (χ1v) is 13.0. The Morgan fingerprint density at radius 1 is 1.00 bits per heavy atom. The van der Waals surface area contributed by atoms with E-state index in [0.29, 0.717) is 12.8 Å². The summed E-state index contributed by atoms with van der Waals surface area (Å²) in [6, 6.07) is 20.8. The van der Waals surface area contributed by atoms with Gasteiger partial charge in [-0.15, -0.1) is 0 Å². The van der Waals surface area contributed by atoms with Crippen molar-refractivity contribution in [3.05, 3.63) is 72.8 Å². The van der Waals surface area contributed by atoms with Gasteiger partial charge in [0, 0.05) is 6.42 Å². The summed E-state index contributed by atoms with van der Waals surface area (Å²) in [5.41, 5.74) is 0. The van der Waals surface area contributed by atoms with Gasteiger partial charge in [-0.25, -0.2) is 0 Å². The van der Waals surface area contributed by atoms with Gasteiger partial charge in [0.1, 0.15) is 6.10 Å². The van der Waals surface area contributed by atoms with Gasteiger partial charge in [-0.05, 0) is 34.7 Å². The Kier molecular flexibility index (Phi) is 7.87. The molecule has 31 heavy (non-hydrogen) atoms. The van der Waals surface area contributed by atoms with E-state index in [1.54, 1.807) is 0 Å². The fourth-order valence-corrected chi connectivity index (χ4v) is 9.08. The molecule has 1 N–H and O–H groups in total. The number of benzene rings is 2. The molecule has 2 aromatic rings. The highest BCUT2D eigenvalue weighted by Crippen LogP contribution is 2.38. The van der Waals surface area contributed by atoms with Crippen LogP contribution in [0, 0.1) is 0 Å². The van der Waals surface area contributed by atoms with Gasteiger partial charge in [0.25, 0.3) is 8.32 Å². The maximum absolute atomic E-state index is 12.3. The third-order valence-corrected chi connectivity index (χ3v) is 11.0. The van der Waals surface area contributed by atoms with Crippen molar-refractivity contribution in [1.29, 1.82) is 0 Å². The van der Waals surface area contributed by atoms with Crippen molar-refractivity contribution in [2.75, 3.05) is 6.61 Å². The maximum Gasteiger partial charge on any atom is 0.306 e. The van der Waals surface area contributed by atoms with Crippen LogP contribution in [0.2, 0.25) is 5.04 Å². The molecule has 166 valence electrons. The van der Waals surface area contributed by atoms with E-state index in [2.05, 4.69) is 57.2 Å². The van der Waals surface area contributed by atoms with Crippen LogP contribution in [-0.4, -0.2) is 38.2 Å². The minimum absolute atomic E-state index is 0.196. The summed E-state index contributed by atoms with van der Waals surface area (Å²) in [5.74, 6) is -0.273. The van der Waals surface area contributed by atoms with Crippen LogP contribution < -0.4 is 10.4 Å². The van der Waals surface area contributed by atoms with Gasteiger partial charge in [0.15, 0.2) is 0 Å². The number of aliphatic hydroxyl groups excluding tert-OH is 1. The van der Waals surface area contributed by atoms with E-state index >= 15 is 0 Å². The second-order valence-electron chi connectivity index (χ2n) is 9.13. The summed E-state index contributed by atoms with van der Waals surface area (Å²) in [6.45, 7) is 6.39. The van der Waals surface area contributed by atoms with E-state index in [0.717, 1.165) is 23.2 Å². The largest absolute Gasteiger partial charge is 0.457 e. The number of aliphatic hydroxyl groups is 1. The van der Waals surface area contributed by atoms with Crippen LogP contribution in [0.25, 0.3) is 0 Å². The van der Waals surface area contributed by atoms with Gasteiger partial charge < -0.3 is 14.3 Å². The maximum atomic E-state index is 12.3. The van der Waals surface area contributed by atoms with E-state index in [9.17, 15) is 9.90 Å². The number of ether oxygens (including phenoxy) is 1. The number of allylic oxidation sites excluding steroid dienone is 1. The molecule has 0 saturated carbocycles. The molecule has 0 fully saturated rings. The number of hydrogen-bond donors (Lipinski definition) is 1. The Bertz CT molecular complexity index is 818. The molecular formula is C26H34O4Si. The molecule has 0 saturated heterocycles. The average Bonchev–Trinajstić information content (AvgIpc) is 2.77. The predicted molar refractivity (Wildman–Crippen MR) is 127 cm³/mol. The number of carbonyl (C=O) groups excluding carboxylic acids is 1. The lowest BCUT2D eigenvalue weighted by atomic mass is 10.1. The molecule has 0 unspecified atom stereocenters. The number of esters is 1. The Balaban J connectivity index is 2.14. The van der Waals surface area contributed by atoms with E-state index < -0.39 is 20.5 Å². The van der Waals surface area contributed by atoms with Gasteiger partial charge in [-0.3, -0.25) is 4.79 Å². The first-order chi connectivity index (χ1) is 14.9. The molecule has 0 bridgehead atoms. The molecule has 0 radical (unpaired) electrons. The molecule has 1 aliphatic heterocycles. The van der Waals surface area contributed by atoms with E-state index in [4.69, 9.17) is 9.16 Å². The highest BCUT2D eigenvalue weighted by molar-refractivity contribution is 6.99. The molecule has 4 nitrogen and oxygen atoms in total. The number of carbonyl (C=O) groups is 1. The zero-order valence-electron chi connectivity index (χ0n) is 18.8. The molecule has 5 heteroatoms. The molecule has 0 aliphatic carbocycles. The van der Waals surface area contributed by atoms with Crippen LogP contribution in [0.4, 0.5) is 0 Å². The fraction of sp³-hybridized carbons (Fsp3) is 0.423. The summed E-state index contributed by atoms with van der Waals surface area (Å²) in [6.07, 6.45) is 5.61. The van der Waals surface area contributed by atoms with Crippen LogP contribution in [0.5, 0.6) is 0 Å². The second kappa shape index (κ2) is 10.4. The van der Waals surface area contributed by atoms with E-state index in [1.807, 2.05) is 36.4 Å². The Morgan fingerprint density at radius 2 is 1.58 bits per heavy atom. The van der Waals surface area contributed by atoms with Crippen LogP contribution in [0.1, 0.15) is 46.5 Å². The van der Waals surface area contributed by atoms with Crippen molar-refractivity contribution in [3.63, 3.8) is 0 Å². The Labute approximate surface area is 187 Å². The summed E-state index contributed by atoms with van der Waals surface area (Å²) >= 11 is 0. The van der Waals surface area contributed by atoms with Gasteiger partial charge in [-0.1, -0.05) is 93.6 Å². The van der Waals surface area contributed by atoms with Crippen molar-refractivity contribution in [3.8, 4) is 0 Å². The van der Waals surface area contributed by atoms with Crippen molar-refractivity contribution < 1.29 is 19.1 Å². The third kappa shape index (κ3) is 5.35. The van der Waals surface area contributed by atoms with Crippen LogP contribution >= 0.6 is 0 Å². The molecule has 0 amide bonds. The lowest BCUT2D eigenvalue weighted by Crippen LogP contribution is -2.68. The first-order valence-electron chi connectivity index (χ1n) is 11.1. The summed E-state index contributed by atoms with van der Waals surface area (Å²) in [7, 11) is -2.82. The summed E-state index contributed by atoms with van der Waals surface area (Å²) < 4.78 is 12.8. The van der Waals surface area contributed by atoms with Gasteiger partial charge >= 0.3 is 5.97 Å². The minimum atomic E-state index is -2.82. The van der Waals surface area contributed by atoms with Crippen LogP contribution in [-0.2, 0) is 14.0 Å². The average molecular weight is 439 g/mol. The summed E-state index contributed by atoms with van der Waals surface area (Å²) in [4.78, 5) is 12.3. The van der Waals surface area contributed by atoms with Crippen molar-refractivity contribution >= 4 is 24.7 Å². The van der Waals surface area contributed by atoms with E-state index in [1.165, 1.54) is 0 Å². The number of cyclic esters (lactones) is 1. The van der Waals surface area contributed by atoms with Gasteiger partial charge in [0.2, 0.25) is 0 Å². The van der Waals surface area contributed by atoms with Gasteiger partial charge in [-0.2, -0.15) is 0 Å². The Hall–Kier alpha value is -2.21. The SMILES string of the molecule is CC(C)(C)[Si](O[C@@H]1C/C=C\CCCC(=O)O[C@H]1CO)(c1ccccc1)c1ccccc1. The normalized spacial score (nSPS) is 21.9. The van der Waals surface area contributed by atoms with Crippen molar-refractivity contribution in [2.45, 2.75) is 63.7 Å². The zero-order valence-corrected chi connectivity index (χ0v) is 19.8. The van der Waals surface area contributed by atoms with Gasteiger partial charge in [0.05, 0.1) is 12.7 Å². The highest BCUT2D eigenvalue weighted by Gasteiger charge is 2.52. The van der Waals surface area contributed by atoms with Crippen molar-refractivity contribution in [2.24, 2.45) is 0 Å².